The van der Waals surface area contributed by atoms with Gasteiger partial charge in [-0.2, -0.15) is 5.10 Å². The lowest BCUT2D eigenvalue weighted by molar-refractivity contribution is -0.134. The van der Waals surface area contributed by atoms with Gasteiger partial charge in [0.2, 0.25) is 5.91 Å². The van der Waals surface area contributed by atoms with E-state index in [1.54, 1.807) is 11.3 Å². The second-order valence-electron chi connectivity index (χ2n) is 7.95. The van der Waals surface area contributed by atoms with Crippen molar-refractivity contribution in [2.75, 3.05) is 13.1 Å². The Morgan fingerprint density at radius 3 is 2.59 bits per heavy atom. The van der Waals surface area contributed by atoms with Gasteiger partial charge in [0.05, 0.1) is 10.2 Å². The van der Waals surface area contributed by atoms with Crippen molar-refractivity contribution < 1.29 is 4.79 Å². The van der Waals surface area contributed by atoms with Gasteiger partial charge in [-0.1, -0.05) is 20.8 Å². The first-order valence-corrected chi connectivity index (χ1v) is 10.5. The Morgan fingerprint density at radius 1 is 1.22 bits per heavy atom. The lowest BCUT2D eigenvalue weighted by Crippen LogP contribution is -2.45. The molecule has 7 heteroatoms. The number of aryl methyl sites for hydroxylation is 2. The summed E-state index contributed by atoms with van der Waals surface area (Å²) in [4.78, 5) is 28.9. The molecule has 1 aliphatic rings. The molecule has 4 rings (SSSR count). The van der Waals surface area contributed by atoms with Gasteiger partial charge in [-0.25, -0.2) is 4.68 Å². The highest BCUT2D eigenvalue weighted by molar-refractivity contribution is 7.19. The van der Waals surface area contributed by atoms with Gasteiger partial charge in [-0.3, -0.25) is 14.0 Å². The molecule has 0 N–H and O–H groups in total. The molecule has 0 saturated carbocycles. The second-order valence-corrected chi connectivity index (χ2v) is 9.24. The Morgan fingerprint density at radius 2 is 1.93 bits per heavy atom. The predicted octanol–water partition coefficient (Wildman–Crippen LogP) is 3.09. The highest BCUT2D eigenvalue weighted by atomic mass is 32.1. The third-order valence-corrected chi connectivity index (χ3v) is 6.37. The number of piperidine rings is 1. The van der Waals surface area contributed by atoms with Crippen LogP contribution in [-0.4, -0.2) is 38.1 Å². The van der Waals surface area contributed by atoms with Crippen LogP contribution in [0.1, 0.15) is 37.9 Å². The molecule has 4 heterocycles. The normalized spacial score (nSPS) is 20.7. The molecule has 2 atom stereocenters. The van der Waals surface area contributed by atoms with Crippen molar-refractivity contribution >= 4 is 33.0 Å². The SMILES string of the molecule is CCc1nn(CC(=O)N2CC(C)CC(C)C2)c(=O)c2cc3sc(C)cc3n12. The molecule has 6 nitrogen and oxygen atoms in total. The van der Waals surface area contributed by atoms with E-state index in [2.05, 4.69) is 31.9 Å². The number of hydrogen-bond acceptors (Lipinski definition) is 4. The first kappa shape index (κ1) is 18.2. The maximum Gasteiger partial charge on any atom is 0.291 e. The van der Waals surface area contributed by atoms with Gasteiger partial charge in [0.25, 0.3) is 5.56 Å². The van der Waals surface area contributed by atoms with Crippen molar-refractivity contribution in [3.63, 3.8) is 0 Å². The molecule has 0 bridgehead atoms. The van der Waals surface area contributed by atoms with Crippen LogP contribution < -0.4 is 5.56 Å². The van der Waals surface area contributed by atoms with Crippen LogP contribution in [0.4, 0.5) is 0 Å². The molecule has 0 spiro atoms. The molecule has 0 aliphatic carbocycles. The molecule has 27 heavy (non-hydrogen) atoms. The van der Waals surface area contributed by atoms with Gasteiger partial charge in [-0.05, 0) is 37.3 Å². The van der Waals surface area contributed by atoms with Crippen LogP contribution in [0.5, 0.6) is 0 Å². The van der Waals surface area contributed by atoms with E-state index in [1.165, 1.54) is 9.56 Å². The van der Waals surface area contributed by atoms with Gasteiger partial charge in [-0.15, -0.1) is 11.3 Å². The Kier molecular flexibility index (Phi) is 4.58. The molecule has 1 amide bonds. The molecule has 1 fully saturated rings. The lowest BCUT2D eigenvalue weighted by atomic mass is 9.92. The van der Waals surface area contributed by atoms with Crippen molar-refractivity contribution in [2.24, 2.45) is 11.8 Å². The minimum atomic E-state index is -0.195. The summed E-state index contributed by atoms with van der Waals surface area (Å²) in [6, 6.07) is 4.03. The summed E-state index contributed by atoms with van der Waals surface area (Å²) >= 11 is 1.68. The van der Waals surface area contributed by atoms with Crippen LogP contribution in [0.3, 0.4) is 0 Å². The summed E-state index contributed by atoms with van der Waals surface area (Å²) in [6.07, 6.45) is 1.84. The van der Waals surface area contributed by atoms with E-state index in [0.717, 1.165) is 35.6 Å². The molecular formula is C20H26N4O2S. The molecule has 144 valence electrons. The number of likely N-dealkylation sites (tertiary alicyclic amines) is 1. The van der Waals surface area contributed by atoms with E-state index in [9.17, 15) is 9.59 Å². The fraction of sp³-hybridized carbons (Fsp3) is 0.550. The summed E-state index contributed by atoms with van der Waals surface area (Å²) in [7, 11) is 0. The summed E-state index contributed by atoms with van der Waals surface area (Å²) in [6.45, 7) is 9.99. The van der Waals surface area contributed by atoms with E-state index in [0.29, 0.717) is 23.8 Å². The number of amides is 1. The number of carbonyl (C=O) groups excluding carboxylic acids is 1. The second kappa shape index (κ2) is 6.78. The Hall–Kier alpha value is -2.15. The molecule has 3 aromatic rings. The zero-order chi connectivity index (χ0) is 19.3. The number of nitrogens with zero attached hydrogens (tertiary/aromatic N) is 4. The highest BCUT2D eigenvalue weighted by Gasteiger charge is 2.26. The molecular weight excluding hydrogens is 360 g/mol. The minimum Gasteiger partial charge on any atom is -0.341 e. The van der Waals surface area contributed by atoms with Crippen molar-refractivity contribution in [3.8, 4) is 0 Å². The van der Waals surface area contributed by atoms with Crippen LogP contribution in [0, 0.1) is 18.8 Å². The number of thiophene rings is 1. The van der Waals surface area contributed by atoms with Gasteiger partial charge in [0, 0.05) is 24.4 Å². The quantitative estimate of drug-likeness (QED) is 0.695. The number of fused-ring (bicyclic) bond motifs is 3. The van der Waals surface area contributed by atoms with Crippen LogP contribution in [-0.2, 0) is 17.8 Å². The standard InChI is InChI=1S/C20H26N4O2S/c1-5-18-21-23(11-19(25)22-9-12(2)6-13(3)10-22)20(26)16-8-17-15(24(16)18)7-14(4)27-17/h7-8,12-13H,5-6,9-11H2,1-4H3. The van der Waals surface area contributed by atoms with E-state index < -0.39 is 0 Å². The average molecular weight is 387 g/mol. The number of carbonyl (C=O) groups is 1. The zero-order valence-electron chi connectivity index (χ0n) is 16.4. The van der Waals surface area contributed by atoms with Crippen molar-refractivity contribution in [3.05, 3.63) is 33.2 Å². The molecule has 0 aromatic carbocycles. The van der Waals surface area contributed by atoms with Crippen LogP contribution in [0.2, 0.25) is 0 Å². The van der Waals surface area contributed by atoms with E-state index in [1.807, 2.05) is 22.3 Å². The first-order valence-electron chi connectivity index (χ1n) is 9.66. The van der Waals surface area contributed by atoms with Gasteiger partial charge in [0.15, 0.2) is 0 Å². The smallest absolute Gasteiger partial charge is 0.291 e. The van der Waals surface area contributed by atoms with E-state index in [-0.39, 0.29) is 18.0 Å². The molecule has 3 aromatic heterocycles. The number of rotatable bonds is 3. The third-order valence-electron chi connectivity index (χ3n) is 5.38. The van der Waals surface area contributed by atoms with Crippen LogP contribution in [0.25, 0.3) is 15.7 Å². The Labute approximate surface area is 162 Å². The first-order chi connectivity index (χ1) is 12.9. The summed E-state index contributed by atoms with van der Waals surface area (Å²) in [5.41, 5.74) is 1.45. The van der Waals surface area contributed by atoms with Crippen LogP contribution in [0.15, 0.2) is 16.9 Å². The van der Waals surface area contributed by atoms with Gasteiger partial charge in [0.1, 0.15) is 17.9 Å². The summed E-state index contributed by atoms with van der Waals surface area (Å²) < 4.78 is 4.40. The lowest BCUT2D eigenvalue weighted by Gasteiger charge is -2.35. The average Bonchev–Trinajstić information content (AvgIpc) is 3.13. The van der Waals surface area contributed by atoms with Crippen LogP contribution >= 0.6 is 11.3 Å². The fourth-order valence-corrected chi connectivity index (χ4v) is 5.29. The van der Waals surface area contributed by atoms with Gasteiger partial charge >= 0.3 is 0 Å². The number of aromatic nitrogens is 3. The van der Waals surface area contributed by atoms with E-state index >= 15 is 0 Å². The summed E-state index contributed by atoms with van der Waals surface area (Å²) in [5.74, 6) is 1.79. The molecule has 1 saturated heterocycles. The molecule has 0 radical (unpaired) electrons. The topological polar surface area (TPSA) is 59.6 Å². The van der Waals surface area contributed by atoms with Crippen molar-refractivity contribution in [1.29, 1.82) is 0 Å². The third kappa shape index (κ3) is 3.18. The molecule has 1 aliphatic heterocycles. The largest absolute Gasteiger partial charge is 0.341 e. The fourth-order valence-electron chi connectivity index (χ4n) is 4.34. The van der Waals surface area contributed by atoms with Gasteiger partial charge < -0.3 is 4.90 Å². The van der Waals surface area contributed by atoms with E-state index in [4.69, 9.17) is 0 Å². The predicted molar refractivity (Wildman–Crippen MR) is 108 cm³/mol. The Balaban J connectivity index is 1.73. The maximum atomic E-state index is 13.0. The monoisotopic (exact) mass is 386 g/mol. The highest BCUT2D eigenvalue weighted by Crippen LogP contribution is 2.28. The Bertz CT molecular complexity index is 1070. The van der Waals surface area contributed by atoms with Crippen molar-refractivity contribution in [2.45, 2.75) is 47.1 Å². The summed E-state index contributed by atoms with van der Waals surface area (Å²) in [5, 5.41) is 4.55. The maximum absolute atomic E-state index is 13.0. The molecule has 2 unspecified atom stereocenters. The number of hydrogen-bond donors (Lipinski definition) is 0. The van der Waals surface area contributed by atoms with Crippen molar-refractivity contribution in [1.82, 2.24) is 19.1 Å². The zero-order valence-corrected chi connectivity index (χ0v) is 17.2. The minimum absolute atomic E-state index is 0.0135.